The minimum absolute atomic E-state index is 0.270. The van der Waals surface area contributed by atoms with Gasteiger partial charge >= 0.3 is 7.48 Å². The van der Waals surface area contributed by atoms with Gasteiger partial charge in [0.05, 0.1) is 0 Å². The average Bonchev–Trinajstić information content (AvgIpc) is 2.95. The molecule has 3 N–H and O–H groups in total. The third kappa shape index (κ3) is 1.89. The number of rotatable bonds is 3. The standard InChI is InChI=1S/C8H8BClN3O2/c1-4-2-5(3-6(10)12-4)7(14)8(13-11)9-15-8/h2-3,13H,11H2,1H3. The highest BCUT2D eigenvalue weighted by Gasteiger charge is 2.53. The van der Waals surface area contributed by atoms with Crippen molar-refractivity contribution in [3.05, 3.63) is 28.5 Å². The van der Waals surface area contributed by atoms with E-state index in [0.717, 1.165) is 0 Å². The number of nitrogens with one attached hydrogen (secondary N) is 1. The van der Waals surface area contributed by atoms with Gasteiger partial charge in [0.25, 0.3) is 0 Å². The van der Waals surface area contributed by atoms with Crippen molar-refractivity contribution in [3.63, 3.8) is 0 Å². The molecule has 15 heavy (non-hydrogen) atoms. The summed E-state index contributed by atoms with van der Waals surface area (Å²) >= 11 is 5.74. The summed E-state index contributed by atoms with van der Waals surface area (Å²) in [4.78, 5) is 15.8. The van der Waals surface area contributed by atoms with Gasteiger partial charge in [-0.25, -0.2) is 10.4 Å². The van der Waals surface area contributed by atoms with Crippen LogP contribution in [0.2, 0.25) is 5.15 Å². The summed E-state index contributed by atoms with van der Waals surface area (Å²) < 4.78 is 4.87. The molecule has 1 saturated heterocycles. The molecule has 2 rings (SSSR count). The number of pyridine rings is 1. The Kier molecular flexibility index (Phi) is 2.51. The number of nitrogens with zero attached hydrogens (tertiary/aromatic N) is 1. The molecule has 2 heterocycles. The minimum atomic E-state index is -1.18. The predicted molar refractivity (Wildman–Crippen MR) is 55.2 cm³/mol. The van der Waals surface area contributed by atoms with Gasteiger partial charge in [-0.1, -0.05) is 11.6 Å². The first kappa shape index (κ1) is 10.6. The monoisotopic (exact) mass is 224 g/mol. The van der Waals surface area contributed by atoms with E-state index in [1.165, 1.54) is 13.5 Å². The molecule has 7 heteroatoms. The van der Waals surface area contributed by atoms with Gasteiger partial charge in [-0.05, 0) is 19.1 Å². The van der Waals surface area contributed by atoms with Crippen LogP contribution in [0.1, 0.15) is 16.1 Å². The van der Waals surface area contributed by atoms with Crippen molar-refractivity contribution in [3.8, 4) is 0 Å². The van der Waals surface area contributed by atoms with Crippen molar-refractivity contribution < 1.29 is 9.45 Å². The van der Waals surface area contributed by atoms with Crippen LogP contribution in [0.5, 0.6) is 0 Å². The highest BCUT2D eigenvalue weighted by Crippen LogP contribution is 2.25. The van der Waals surface area contributed by atoms with Gasteiger partial charge in [0, 0.05) is 11.3 Å². The molecule has 5 nitrogen and oxygen atoms in total. The van der Waals surface area contributed by atoms with Crippen LogP contribution in [-0.4, -0.2) is 23.9 Å². The number of nitrogens with two attached hydrogens (primary N) is 1. The number of carbonyl (C=O) groups is 1. The number of ketones is 1. The third-order valence-electron chi connectivity index (χ3n) is 2.09. The van der Waals surface area contributed by atoms with Gasteiger partial charge in [-0.2, -0.15) is 0 Å². The SMILES string of the molecule is Cc1cc(C(=O)C2(NN)[B]O2)cc(Cl)n1. The molecule has 0 amide bonds. The number of hydrogen-bond donors (Lipinski definition) is 2. The van der Waals surface area contributed by atoms with E-state index >= 15 is 0 Å². The van der Waals surface area contributed by atoms with Crippen molar-refractivity contribution in [1.29, 1.82) is 0 Å². The number of Topliss-reactive ketones (excluding diaryl/α,β-unsaturated/α-hetero) is 1. The second-order valence-electron chi connectivity index (χ2n) is 3.26. The molecule has 1 aliphatic heterocycles. The fraction of sp³-hybridized carbons (Fsp3) is 0.250. The lowest BCUT2D eigenvalue weighted by atomic mass is 9.89. The van der Waals surface area contributed by atoms with Crippen molar-refractivity contribution in [1.82, 2.24) is 10.4 Å². The largest absolute Gasteiger partial charge is 0.415 e. The second kappa shape index (κ2) is 3.57. The maximum Gasteiger partial charge on any atom is 0.360 e. The lowest BCUT2D eigenvalue weighted by Crippen LogP contribution is -2.45. The Morgan fingerprint density at radius 2 is 2.40 bits per heavy atom. The summed E-state index contributed by atoms with van der Waals surface area (Å²) in [6.45, 7) is 1.75. The Morgan fingerprint density at radius 3 is 2.87 bits per heavy atom. The molecule has 1 aliphatic rings. The normalized spacial score (nSPS) is 23.4. The molecule has 1 atom stereocenters. The maximum atomic E-state index is 11.9. The predicted octanol–water partition coefficient (Wildman–Crippen LogP) is -0.00738. The van der Waals surface area contributed by atoms with Crippen LogP contribution in [0.4, 0.5) is 0 Å². The lowest BCUT2D eigenvalue weighted by molar-refractivity contribution is 0.0836. The maximum absolute atomic E-state index is 11.9. The van der Waals surface area contributed by atoms with Crippen LogP contribution < -0.4 is 11.3 Å². The number of aromatic nitrogens is 1. The summed E-state index contributed by atoms with van der Waals surface area (Å²) in [6, 6.07) is 3.11. The van der Waals surface area contributed by atoms with Gasteiger partial charge < -0.3 is 4.65 Å². The van der Waals surface area contributed by atoms with Gasteiger partial charge in [-0.3, -0.25) is 10.6 Å². The third-order valence-corrected chi connectivity index (χ3v) is 2.28. The van der Waals surface area contributed by atoms with Crippen molar-refractivity contribution >= 4 is 24.9 Å². The Morgan fingerprint density at radius 1 is 1.73 bits per heavy atom. The van der Waals surface area contributed by atoms with Crippen LogP contribution >= 0.6 is 11.6 Å². The Labute approximate surface area is 92.2 Å². The van der Waals surface area contributed by atoms with Crippen molar-refractivity contribution in [2.45, 2.75) is 12.5 Å². The molecule has 1 aromatic heterocycles. The van der Waals surface area contributed by atoms with Crippen LogP contribution in [0, 0.1) is 6.92 Å². The smallest absolute Gasteiger partial charge is 0.360 e. The summed E-state index contributed by atoms with van der Waals surface area (Å²) in [6.07, 6.45) is 0. The number of hydrogen-bond acceptors (Lipinski definition) is 5. The fourth-order valence-corrected chi connectivity index (χ4v) is 1.52. The summed E-state index contributed by atoms with van der Waals surface area (Å²) in [5.41, 5.74) is 2.20. The molecule has 0 spiro atoms. The van der Waals surface area contributed by atoms with E-state index in [0.29, 0.717) is 11.3 Å². The Bertz CT molecular complexity index is 402. The topological polar surface area (TPSA) is 80.5 Å². The first-order valence-corrected chi connectivity index (χ1v) is 4.64. The molecule has 1 unspecified atom stereocenters. The molecule has 1 aromatic rings. The lowest BCUT2D eigenvalue weighted by Gasteiger charge is -2.10. The van der Waals surface area contributed by atoms with E-state index in [-0.39, 0.29) is 10.9 Å². The molecular weight excluding hydrogens is 216 g/mol. The first-order chi connectivity index (χ1) is 7.07. The average molecular weight is 224 g/mol. The van der Waals surface area contributed by atoms with Crippen LogP contribution in [0.25, 0.3) is 0 Å². The molecule has 77 valence electrons. The van der Waals surface area contributed by atoms with Crippen LogP contribution in [-0.2, 0) is 4.65 Å². The fourth-order valence-electron chi connectivity index (χ4n) is 1.27. The molecule has 1 radical (unpaired) electrons. The first-order valence-electron chi connectivity index (χ1n) is 4.26. The number of carbonyl (C=O) groups excluding carboxylic acids is 1. The number of halogens is 1. The molecule has 1 fully saturated rings. The highest BCUT2D eigenvalue weighted by atomic mass is 35.5. The Hall–Kier alpha value is -0.945. The van der Waals surface area contributed by atoms with Gasteiger partial charge in [0.2, 0.25) is 5.78 Å². The van der Waals surface area contributed by atoms with Crippen molar-refractivity contribution in [2.24, 2.45) is 5.84 Å². The van der Waals surface area contributed by atoms with E-state index < -0.39 is 5.62 Å². The van der Waals surface area contributed by atoms with E-state index in [4.69, 9.17) is 22.1 Å². The van der Waals surface area contributed by atoms with Gasteiger partial charge in [0.15, 0.2) is 5.62 Å². The summed E-state index contributed by atoms with van der Waals surface area (Å²) in [7, 11) is 1.33. The summed E-state index contributed by atoms with van der Waals surface area (Å²) in [5, 5.41) is 0.270. The molecule has 0 aliphatic carbocycles. The molecule has 0 bridgehead atoms. The quantitative estimate of drug-likeness (QED) is 0.189. The molecule has 0 saturated carbocycles. The zero-order valence-corrected chi connectivity index (χ0v) is 8.71. The van der Waals surface area contributed by atoms with E-state index in [2.05, 4.69) is 10.4 Å². The molecule has 0 aromatic carbocycles. The highest BCUT2D eigenvalue weighted by molar-refractivity contribution is 6.52. The second-order valence-corrected chi connectivity index (χ2v) is 3.65. The zero-order chi connectivity index (χ0) is 11.1. The number of aryl methyl sites for hydroxylation is 1. The van der Waals surface area contributed by atoms with Gasteiger partial charge in [0.1, 0.15) is 5.15 Å². The molecular formula is C8H8BClN3O2. The van der Waals surface area contributed by atoms with E-state index in [1.807, 2.05) is 0 Å². The Balaban J connectivity index is 2.34. The van der Waals surface area contributed by atoms with Gasteiger partial charge in [-0.15, -0.1) is 0 Å². The number of hydrazine groups is 1. The van der Waals surface area contributed by atoms with E-state index in [1.54, 1.807) is 13.0 Å². The van der Waals surface area contributed by atoms with Crippen molar-refractivity contribution in [2.75, 3.05) is 0 Å². The van der Waals surface area contributed by atoms with E-state index in [9.17, 15) is 4.79 Å². The zero-order valence-electron chi connectivity index (χ0n) is 7.95. The van der Waals surface area contributed by atoms with Crippen LogP contribution in [0.15, 0.2) is 12.1 Å². The summed E-state index contributed by atoms with van der Waals surface area (Å²) in [5.74, 6) is 4.93. The minimum Gasteiger partial charge on any atom is -0.415 e. The van der Waals surface area contributed by atoms with Crippen LogP contribution in [0.3, 0.4) is 0 Å².